The summed E-state index contributed by atoms with van der Waals surface area (Å²) < 4.78 is 11.7. The van der Waals surface area contributed by atoms with Crippen LogP contribution in [0.2, 0.25) is 0 Å². The maximum absolute atomic E-state index is 13.2. The number of nitrogens with one attached hydrogen (secondary N) is 1. The number of anilines is 1. The van der Waals surface area contributed by atoms with Gasteiger partial charge < -0.3 is 14.8 Å². The fourth-order valence-corrected chi connectivity index (χ4v) is 5.23. The summed E-state index contributed by atoms with van der Waals surface area (Å²) in [6.45, 7) is 8.48. The van der Waals surface area contributed by atoms with Crippen molar-refractivity contribution < 1.29 is 14.3 Å². The molecule has 0 radical (unpaired) electrons. The number of thiophene rings is 1. The second-order valence-electron chi connectivity index (χ2n) is 8.15. The molecule has 2 aromatic heterocycles. The molecule has 5 rings (SSSR count). The van der Waals surface area contributed by atoms with Gasteiger partial charge in [-0.25, -0.2) is 9.97 Å². The third-order valence-electron chi connectivity index (χ3n) is 5.68. The van der Waals surface area contributed by atoms with Crippen molar-refractivity contribution in [1.82, 2.24) is 9.97 Å². The third kappa shape index (κ3) is 3.31. The number of fused-ring (bicyclic) bond motifs is 2. The minimum atomic E-state index is -0.158. The Morgan fingerprint density at radius 3 is 2.83 bits per heavy atom. The van der Waals surface area contributed by atoms with Crippen LogP contribution in [0, 0.1) is 13.8 Å². The summed E-state index contributed by atoms with van der Waals surface area (Å²) in [5, 5.41) is 4.04. The Bertz CT molecular complexity index is 1170. The van der Waals surface area contributed by atoms with E-state index < -0.39 is 0 Å². The van der Waals surface area contributed by atoms with Crippen LogP contribution in [-0.4, -0.2) is 28.6 Å². The first-order valence-electron chi connectivity index (χ1n) is 10.5. The van der Waals surface area contributed by atoms with Crippen molar-refractivity contribution in [2.45, 2.75) is 59.0 Å². The molecule has 7 heteroatoms. The second-order valence-corrected chi connectivity index (χ2v) is 9.15. The molecule has 1 aliphatic carbocycles. The van der Waals surface area contributed by atoms with Crippen molar-refractivity contribution in [2.24, 2.45) is 0 Å². The standard InChI is InChI=1S/C23H25N3O3S/c1-5-28-18-9-15-8-11(2)29-17(15)10-16(18)25-22(27)20-12(3)19-13(4)24-21(14-6-7-14)26-23(19)30-20/h9-11,14H,5-8H2,1-4H3,(H,25,27)/t11-/m0/s1. The molecule has 0 saturated heterocycles. The molecular formula is C23H25N3O3S. The van der Waals surface area contributed by atoms with Gasteiger partial charge in [0.15, 0.2) is 0 Å². The fraction of sp³-hybridized carbons (Fsp3) is 0.435. The molecule has 3 heterocycles. The van der Waals surface area contributed by atoms with E-state index >= 15 is 0 Å². The molecule has 0 spiro atoms. The molecule has 1 fully saturated rings. The van der Waals surface area contributed by atoms with Crippen LogP contribution in [-0.2, 0) is 6.42 Å². The fourth-order valence-electron chi connectivity index (χ4n) is 4.09. The molecule has 6 nitrogen and oxygen atoms in total. The minimum absolute atomic E-state index is 0.132. The molecule has 1 N–H and O–H groups in total. The number of rotatable bonds is 5. The highest BCUT2D eigenvalue weighted by molar-refractivity contribution is 7.20. The van der Waals surface area contributed by atoms with Crippen LogP contribution in [0.3, 0.4) is 0 Å². The molecule has 156 valence electrons. The maximum Gasteiger partial charge on any atom is 0.266 e. The van der Waals surface area contributed by atoms with Crippen molar-refractivity contribution in [3.63, 3.8) is 0 Å². The van der Waals surface area contributed by atoms with Gasteiger partial charge in [0.25, 0.3) is 5.91 Å². The number of hydrogen-bond acceptors (Lipinski definition) is 6. The number of nitrogens with zero attached hydrogens (tertiary/aromatic N) is 2. The Kier molecular flexibility index (Phi) is 4.65. The van der Waals surface area contributed by atoms with Crippen LogP contribution in [0.25, 0.3) is 10.2 Å². The highest BCUT2D eigenvalue weighted by Crippen LogP contribution is 2.41. The van der Waals surface area contributed by atoms with Gasteiger partial charge in [0.2, 0.25) is 0 Å². The SMILES string of the molecule is CCOc1cc2c(cc1NC(=O)c1sc3nc(C4CC4)nc(C)c3c1C)O[C@@H](C)C2. The Hall–Kier alpha value is -2.67. The van der Waals surface area contributed by atoms with E-state index in [1.165, 1.54) is 11.3 Å². The molecule has 30 heavy (non-hydrogen) atoms. The lowest BCUT2D eigenvalue weighted by Crippen LogP contribution is -2.13. The average Bonchev–Trinajstić information content (AvgIpc) is 3.40. The number of amides is 1. The van der Waals surface area contributed by atoms with Gasteiger partial charge in [-0.05, 0) is 52.2 Å². The zero-order valence-corrected chi connectivity index (χ0v) is 18.5. The number of carbonyl (C=O) groups is 1. The van der Waals surface area contributed by atoms with E-state index in [4.69, 9.17) is 19.4 Å². The van der Waals surface area contributed by atoms with Crippen molar-refractivity contribution in [1.29, 1.82) is 0 Å². The van der Waals surface area contributed by atoms with Crippen LogP contribution < -0.4 is 14.8 Å². The van der Waals surface area contributed by atoms with Gasteiger partial charge in [-0.3, -0.25) is 4.79 Å². The van der Waals surface area contributed by atoms with Crippen LogP contribution in [0.1, 0.15) is 64.9 Å². The van der Waals surface area contributed by atoms with Gasteiger partial charge in [-0.15, -0.1) is 11.3 Å². The summed E-state index contributed by atoms with van der Waals surface area (Å²) in [5.74, 6) is 2.72. The minimum Gasteiger partial charge on any atom is -0.492 e. The maximum atomic E-state index is 13.2. The molecule has 1 aliphatic heterocycles. The van der Waals surface area contributed by atoms with Gasteiger partial charge in [0.05, 0.1) is 22.9 Å². The number of ether oxygens (including phenoxy) is 2. The van der Waals surface area contributed by atoms with Crippen LogP contribution in [0.5, 0.6) is 11.5 Å². The Balaban J connectivity index is 1.50. The summed E-state index contributed by atoms with van der Waals surface area (Å²) in [6.07, 6.45) is 3.29. The monoisotopic (exact) mass is 423 g/mol. The van der Waals surface area contributed by atoms with E-state index in [1.54, 1.807) is 0 Å². The molecule has 0 bridgehead atoms. The summed E-state index contributed by atoms with van der Waals surface area (Å²) in [5.41, 5.74) is 3.62. The Morgan fingerprint density at radius 2 is 2.10 bits per heavy atom. The van der Waals surface area contributed by atoms with Gasteiger partial charge in [-0.1, -0.05) is 0 Å². The topological polar surface area (TPSA) is 73.3 Å². The number of aryl methyl sites for hydroxylation is 2. The molecule has 1 amide bonds. The van der Waals surface area contributed by atoms with Crippen LogP contribution >= 0.6 is 11.3 Å². The highest BCUT2D eigenvalue weighted by atomic mass is 32.1. The number of hydrogen-bond donors (Lipinski definition) is 1. The zero-order chi connectivity index (χ0) is 21.0. The lowest BCUT2D eigenvalue weighted by molar-refractivity contribution is 0.102. The van der Waals surface area contributed by atoms with Crippen LogP contribution in [0.4, 0.5) is 5.69 Å². The van der Waals surface area contributed by atoms with E-state index in [2.05, 4.69) is 5.32 Å². The Labute approximate surface area is 179 Å². The van der Waals surface area contributed by atoms with Gasteiger partial charge in [0.1, 0.15) is 28.3 Å². The first-order chi connectivity index (χ1) is 14.4. The summed E-state index contributed by atoms with van der Waals surface area (Å²) >= 11 is 1.43. The number of carbonyl (C=O) groups excluding carboxylic acids is 1. The lowest BCUT2D eigenvalue weighted by atomic mass is 10.1. The van der Waals surface area contributed by atoms with Gasteiger partial charge in [-0.2, -0.15) is 0 Å². The summed E-state index contributed by atoms with van der Waals surface area (Å²) in [6, 6.07) is 3.86. The van der Waals surface area contributed by atoms with E-state index in [-0.39, 0.29) is 12.0 Å². The molecule has 0 unspecified atom stereocenters. The van der Waals surface area contributed by atoms with Crippen molar-refractivity contribution in [3.8, 4) is 11.5 Å². The third-order valence-corrected chi connectivity index (χ3v) is 6.87. The highest BCUT2D eigenvalue weighted by Gasteiger charge is 2.29. The largest absolute Gasteiger partial charge is 0.492 e. The summed E-state index contributed by atoms with van der Waals surface area (Å²) in [4.78, 5) is 24.2. The molecule has 1 aromatic carbocycles. The van der Waals surface area contributed by atoms with E-state index in [9.17, 15) is 4.79 Å². The lowest BCUT2D eigenvalue weighted by Gasteiger charge is -2.13. The normalized spacial score (nSPS) is 17.7. The predicted molar refractivity (Wildman–Crippen MR) is 118 cm³/mol. The predicted octanol–water partition coefficient (Wildman–Crippen LogP) is 5.16. The smallest absolute Gasteiger partial charge is 0.266 e. The average molecular weight is 424 g/mol. The quantitative estimate of drug-likeness (QED) is 0.614. The van der Waals surface area contributed by atoms with Crippen molar-refractivity contribution >= 4 is 33.1 Å². The second kappa shape index (κ2) is 7.23. The van der Waals surface area contributed by atoms with E-state index in [0.29, 0.717) is 28.8 Å². The van der Waals surface area contributed by atoms with Gasteiger partial charge >= 0.3 is 0 Å². The number of aromatic nitrogens is 2. The van der Waals surface area contributed by atoms with Gasteiger partial charge in [0, 0.05) is 29.4 Å². The van der Waals surface area contributed by atoms with E-state index in [0.717, 1.165) is 57.9 Å². The number of benzene rings is 1. The first kappa shape index (κ1) is 19.3. The molecule has 1 atom stereocenters. The Morgan fingerprint density at radius 1 is 1.30 bits per heavy atom. The molecule has 2 aliphatic rings. The molecule has 1 saturated carbocycles. The van der Waals surface area contributed by atoms with E-state index in [1.807, 2.05) is 39.8 Å². The van der Waals surface area contributed by atoms with Crippen LogP contribution in [0.15, 0.2) is 12.1 Å². The molecule has 3 aromatic rings. The zero-order valence-electron chi connectivity index (χ0n) is 17.7. The first-order valence-corrected chi connectivity index (χ1v) is 11.3. The van der Waals surface area contributed by atoms with Crippen molar-refractivity contribution in [2.75, 3.05) is 11.9 Å². The molecular weight excluding hydrogens is 398 g/mol. The summed E-state index contributed by atoms with van der Waals surface area (Å²) in [7, 11) is 0. The van der Waals surface area contributed by atoms with Crippen molar-refractivity contribution in [3.05, 3.63) is 39.7 Å².